The molecule has 0 fully saturated rings. The highest BCUT2D eigenvalue weighted by molar-refractivity contribution is 5.92. The van der Waals surface area contributed by atoms with Gasteiger partial charge in [0, 0.05) is 36.0 Å². The van der Waals surface area contributed by atoms with Crippen molar-refractivity contribution in [3.05, 3.63) is 105 Å². The fraction of sp³-hybridized carbons (Fsp3) is 0.192. The van der Waals surface area contributed by atoms with Crippen LogP contribution >= 0.6 is 0 Å². The van der Waals surface area contributed by atoms with E-state index in [0.717, 1.165) is 22.0 Å². The molecule has 38 heavy (non-hydrogen) atoms. The van der Waals surface area contributed by atoms with Crippen molar-refractivity contribution < 1.29 is 23.1 Å². The number of benzene rings is 2. The second-order valence-corrected chi connectivity index (χ2v) is 8.52. The third-order valence-corrected chi connectivity index (χ3v) is 6.06. The van der Waals surface area contributed by atoms with E-state index in [1.165, 1.54) is 31.2 Å². The fourth-order valence-electron chi connectivity index (χ4n) is 4.09. The number of nitrogens with zero attached hydrogens (tertiary/aromatic N) is 3. The van der Waals surface area contributed by atoms with Crippen LogP contribution in [0.2, 0.25) is 0 Å². The van der Waals surface area contributed by atoms with E-state index in [0.29, 0.717) is 11.3 Å². The third-order valence-electron chi connectivity index (χ3n) is 6.06. The fourth-order valence-corrected chi connectivity index (χ4v) is 4.09. The summed E-state index contributed by atoms with van der Waals surface area (Å²) in [6, 6.07) is 9.91. The molecule has 0 unspecified atom stereocenters. The summed E-state index contributed by atoms with van der Waals surface area (Å²) in [5, 5.41) is 17.4. The number of hydrogen-bond donors (Lipinski definition) is 4. The van der Waals surface area contributed by atoms with Gasteiger partial charge in [-0.2, -0.15) is 18.6 Å². The summed E-state index contributed by atoms with van der Waals surface area (Å²) in [4.78, 5) is 25.7. The SMILES string of the molecule is C=Cc1c(C2=CNNN2C)cccc1-n1nc(C(=O)N[C@H](C)c2cccc(C(F)(F)CO)c2F)ccc1=O. The zero-order chi connectivity index (χ0) is 27.6. The monoisotopic (exact) mass is 526 g/mol. The van der Waals surface area contributed by atoms with Crippen LogP contribution in [0, 0.1) is 5.82 Å². The van der Waals surface area contributed by atoms with Gasteiger partial charge in [-0.1, -0.05) is 36.9 Å². The molecule has 198 valence electrons. The number of aliphatic hydroxyl groups excluding tert-OH is 1. The zero-order valence-corrected chi connectivity index (χ0v) is 20.5. The summed E-state index contributed by atoms with van der Waals surface area (Å²) in [6.07, 6.45) is 3.30. The molecule has 0 saturated carbocycles. The first-order valence-corrected chi connectivity index (χ1v) is 11.5. The molecule has 0 spiro atoms. The molecule has 2 heterocycles. The van der Waals surface area contributed by atoms with Crippen LogP contribution in [0.3, 0.4) is 0 Å². The number of halogens is 3. The van der Waals surface area contributed by atoms with Crippen molar-refractivity contribution >= 4 is 17.7 Å². The lowest BCUT2D eigenvalue weighted by Gasteiger charge is -2.20. The van der Waals surface area contributed by atoms with Gasteiger partial charge in [-0.15, -0.1) is 5.53 Å². The molecule has 0 saturated heterocycles. The Bertz CT molecular complexity index is 1490. The van der Waals surface area contributed by atoms with Gasteiger partial charge in [-0.05, 0) is 25.1 Å². The number of rotatable bonds is 8. The molecule has 1 amide bonds. The van der Waals surface area contributed by atoms with Gasteiger partial charge >= 0.3 is 0 Å². The molecule has 1 aliphatic rings. The average molecular weight is 527 g/mol. The number of alkyl halides is 2. The number of nitrogens with one attached hydrogen (secondary N) is 3. The summed E-state index contributed by atoms with van der Waals surface area (Å²) in [5.41, 5.74) is 6.41. The van der Waals surface area contributed by atoms with Crippen molar-refractivity contribution in [2.45, 2.75) is 18.9 Å². The lowest BCUT2D eigenvalue weighted by atomic mass is 10.00. The number of aromatic nitrogens is 2. The van der Waals surface area contributed by atoms with E-state index in [4.69, 9.17) is 5.11 Å². The van der Waals surface area contributed by atoms with Crippen LogP contribution in [0.1, 0.15) is 45.7 Å². The Kier molecular flexibility index (Phi) is 7.37. The summed E-state index contributed by atoms with van der Waals surface area (Å²) in [6.45, 7) is 3.72. The number of carbonyl (C=O) groups excluding carboxylic acids is 1. The van der Waals surface area contributed by atoms with Crippen molar-refractivity contribution in [2.24, 2.45) is 0 Å². The Morgan fingerprint density at radius 2 is 1.97 bits per heavy atom. The van der Waals surface area contributed by atoms with Gasteiger partial charge in [0.2, 0.25) is 0 Å². The van der Waals surface area contributed by atoms with Crippen molar-refractivity contribution in [1.82, 2.24) is 31.1 Å². The molecule has 3 aromatic rings. The Morgan fingerprint density at radius 1 is 1.24 bits per heavy atom. The van der Waals surface area contributed by atoms with Gasteiger partial charge in [0.05, 0.1) is 23.0 Å². The number of amides is 1. The van der Waals surface area contributed by atoms with Crippen LogP contribution in [0.15, 0.2) is 66.1 Å². The van der Waals surface area contributed by atoms with E-state index >= 15 is 0 Å². The second-order valence-electron chi connectivity index (χ2n) is 8.52. The van der Waals surface area contributed by atoms with Crippen LogP contribution in [-0.2, 0) is 5.92 Å². The van der Waals surface area contributed by atoms with Crippen LogP contribution in [-0.4, -0.2) is 39.5 Å². The second kappa shape index (κ2) is 10.5. The maximum Gasteiger partial charge on any atom is 0.298 e. The number of hydrogen-bond acceptors (Lipinski definition) is 7. The highest BCUT2D eigenvalue weighted by Gasteiger charge is 2.35. The predicted octanol–water partition coefficient (Wildman–Crippen LogP) is 2.84. The highest BCUT2D eigenvalue weighted by Crippen LogP contribution is 2.32. The minimum Gasteiger partial charge on any atom is -0.390 e. The Balaban J connectivity index is 1.67. The minimum atomic E-state index is -3.78. The maximum absolute atomic E-state index is 14.8. The summed E-state index contributed by atoms with van der Waals surface area (Å²) in [7, 11) is 1.80. The van der Waals surface area contributed by atoms with Gasteiger partial charge in [0.25, 0.3) is 17.4 Å². The molecule has 2 aromatic carbocycles. The first kappa shape index (κ1) is 26.6. The number of aliphatic hydroxyl groups is 1. The molecule has 4 rings (SSSR count). The van der Waals surface area contributed by atoms with E-state index < -0.39 is 41.4 Å². The first-order chi connectivity index (χ1) is 18.1. The van der Waals surface area contributed by atoms with Crippen LogP contribution in [0.5, 0.6) is 0 Å². The Hall–Kier alpha value is -4.42. The van der Waals surface area contributed by atoms with Crippen molar-refractivity contribution in [3.63, 3.8) is 0 Å². The standard InChI is InChI=1S/C26H25F3N6O3/c1-4-16-18(22-13-30-33-34(22)3)8-6-10-21(16)35-23(37)12-11-20(32-35)25(38)31-15(2)17-7-5-9-19(24(17)27)26(28,29)14-36/h4-13,15,30,33,36H,1,14H2,2-3H3,(H,31,38)/t15-/m1/s1. The van der Waals surface area contributed by atoms with Crippen LogP contribution in [0.4, 0.5) is 13.2 Å². The zero-order valence-electron chi connectivity index (χ0n) is 20.5. The van der Waals surface area contributed by atoms with Crippen molar-refractivity contribution in [3.8, 4) is 5.69 Å². The topological polar surface area (TPSA) is 112 Å². The predicted molar refractivity (Wildman–Crippen MR) is 135 cm³/mol. The van der Waals surface area contributed by atoms with Gasteiger partial charge in [-0.3, -0.25) is 14.6 Å². The average Bonchev–Trinajstić information content (AvgIpc) is 3.33. The van der Waals surface area contributed by atoms with E-state index in [2.05, 4.69) is 28.0 Å². The first-order valence-electron chi connectivity index (χ1n) is 11.5. The van der Waals surface area contributed by atoms with Crippen LogP contribution in [0.25, 0.3) is 17.5 Å². The molecule has 1 aromatic heterocycles. The quantitative estimate of drug-likeness (QED) is 0.357. The minimum absolute atomic E-state index is 0.158. The van der Waals surface area contributed by atoms with Gasteiger partial charge in [-0.25, -0.2) is 4.39 Å². The molecular weight excluding hydrogens is 501 g/mol. The molecule has 0 aliphatic carbocycles. The van der Waals surface area contributed by atoms with Gasteiger partial charge in [0.1, 0.15) is 18.1 Å². The normalized spacial score (nSPS) is 14.1. The highest BCUT2D eigenvalue weighted by atomic mass is 19.3. The van der Waals surface area contributed by atoms with Gasteiger partial charge < -0.3 is 15.8 Å². The molecule has 0 radical (unpaired) electrons. The number of hydrazine groups is 2. The van der Waals surface area contributed by atoms with Crippen molar-refractivity contribution in [1.29, 1.82) is 0 Å². The molecule has 1 atom stereocenters. The van der Waals surface area contributed by atoms with E-state index in [9.17, 15) is 22.8 Å². The maximum atomic E-state index is 14.8. The van der Waals surface area contributed by atoms with E-state index in [1.54, 1.807) is 36.5 Å². The third kappa shape index (κ3) is 4.91. The lowest BCUT2D eigenvalue weighted by Crippen LogP contribution is -2.33. The summed E-state index contributed by atoms with van der Waals surface area (Å²) < 4.78 is 43.8. The number of carbonyl (C=O) groups is 1. The summed E-state index contributed by atoms with van der Waals surface area (Å²) in [5.74, 6) is -5.78. The molecular formula is C26H25F3N6O3. The molecule has 12 heteroatoms. The molecule has 0 bridgehead atoms. The van der Waals surface area contributed by atoms with E-state index in [-0.39, 0.29) is 11.3 Å². The van der Waals surface area contributed by atoms with Gasteiger partial charge in [0.15, 0.2) is 0 Å². The van der Waals surface area contributed by atoms with E-state index in [1.807, 2.05) is 6.07 Å². The largest absolute Gasteiger partial charge is 0.390 e. The lowest BCUT2D eigenvalue weighted by molar-refractivity contribution is -0.0584. The van der Waals surface area contributed by atoms with Crippen LogP contribution < -0.4 is 21.8 Å². The molecule has 9 nitrogen and oxygen atoms in total. The molecule has 1 aliphatic heterocycles. The summed E-state index contributed by atoms with van der Waals surface area (Å²) >= 11 is 0. The Morgan fingerprint density at radius 3 is 2.63 bits per heavy atom. The van der Waals surface area contributed by atoms with Crippen molar-refractivity contribution in [2.75, 3.05) is 13.7 Å². The smallest absolute Gasteiger partial charge is 0.298 e. The Labute approximate surface area is 215 Å². The molecule has 4 N–H and O–H groups in total.